The molecule has 1 aliphatic rings. The van der Waals surface area contributed by atoms with Gasteiger partial charge in [-0.2, -0.15) is 0 Å². The van der Waals surface area contributed by atoms with Crippen LogP contribution in [0, 0.1) is 5.92 Å². The van der Waals surface area contributed by atoms with E-state index in [1.807, 2.05) is 7.05 Å². The van der Waals surface area contributed by atoms with Crippen LogP contribution in [-0.2, 0) is 16.1 Å². The Bertz CT molecular complexity index is 739. The van der Waals surface area contributed by atoms with Gasteiger partial charge in [0, 0.05) is 26.6 Å². The lowest BCUT2D eigenvalue weighted by Gasteiger charge is -2.16. The van der Waals surface area contributed by atoms with E-state index >= 15 is 0 Å². The number of primary amides is 1. The van der Waals surface area contributed by atoms with Gasteiger partial charge in [-0.1, -0.05) is 11.8 Å². The summed E-state index contributed by atoms with van der Waals surface area (Å²) in [6, 6.07) is 3.53. The van der Waals surface area contributed by atoms with Crippen LogP contribution in [0.3, 0.4) is 0 Å². The van der Waals surface area contributed by atoms with Gasteiger partial charge in [-0.3, -0.25) is 14.2 Å². The van der Waals surface area contributed by atoms with E-state index in [4.69, 9.17) is 10.2 Å². The number of carbonyl (C=O) groups is 2. The molecule has 2 N–H and O–H groups in total. The van der Waals surface area contributed by atoms with Crippen molar-refractivity contribution in [3.63, 3.8) is 0 Å². The number of thioether (sulfide) groups is 1. The van der Waals surface area contributed by atoms with E-state index in [2.05, 4.69) is 10.2 Å². The molecule has 0 saturated heterocycles. The molecule has 2 aromatic heterocycles. The molecular weight excluding hydrogens is 342 g/mol. The summed E-state index contributed by atoms with van der Waals surface area (Å²) in [5.74, 6) is 1.66. The number of nitrogens with two attached hydrogens (primary N) is 1. The molecule has 0 atom stereocenters. The summed E-state index contributed by atoms with van der Waals surface area (Å²) < 4.78 is 7.14. The van der Waals surface area contributed by atoms with Crippen molar-refractivity contribution in [2.75, 3.05) is 19.3 Å². The summed E-state index contributed by atoms with van der Waals surface area (Å²) in [6.07, 6.45) is 4.12. The third kappa shape index (κ3) is 4.62. The number of furan rings is 1. The van der Waals surface area contributed by atoms with E-state index in [0.717, 1.165) is 6.54 Å². The van der Waals surface area contributed by atoms with Crippen molar-refractivity contribution >= 4 is 23.6 Å². The Morgan fingerprint density at radius 2 is 2.24 bits per heavy atom. The van der Waals surface area contributed by atoms with Gasteiger partial charge in [-0.25, -0.2) is 0 Å². The minimum absolute atomic E-state index is 0.0564. The zero-order valence-electron chi connectivity index (χ0n) is 14.1. The lowest BCUT2D eigenvalue weighted by atomic mass is 10.3. The van der Waals surface area contributed by atoms with Crippen LogP contribution in [0.2, 0.25) is 0 Å². The van der Waals surface area contributed by atoms with Crippen LogP contribution < -0.4 is 5.73 Å². The third-order valence-electron chi connectivity index (χ3n) is 4.02. The fourth-order valence-electron chi connectivity index (χ4n) is 2.43. The first-order valence-corrected chi connectivity index (χ1v) is 9.15. The van der Waals surface area contributed by atoms with Gasteiger partial charge in [-0.05, 0) is 30.9 Å². The first kappa shape index (κ1) is 17.5. The highest BCUT2D eigenvalue weighted by atomic mass is 32.2. The van der Waals surface area contributed by atoms with Crippen molar-refractivity contribution in [1.82, 2.24) is 19.7 Å². The van der Waals surface area contributed by atoms with E-state index in [0.29, 0.717) is 29.2 Å². The molecular formula is C16H21N5O3S. The second kappa shape index (κ2) is 7.73. The molecule has 3 rings (SSSR count). The molecule has 0 spiro atoms. The quantitative estimate of drug-likeness (QED) is 0.674. The van der Waals surface area contributed by atoms with Crippen molar-refractivity contribution in [2.45, 2.75) is 31.0 Å². The molecule has 1 saturated carbocycles. The molecule has 1 aliphatic carbocycles. The first-order chi connectivity index (χ1) is 12.0. The Morgan fingerprint density at radius 3 is 2.88 bits per heavy atom. The normalized spacial score (nSPS) is 13.8. The van der Waals surface area contributed by atoms with Gasteiger partial charge in [0.2, 0.25) is 11.8 Å². The maximum atomic E-state index is 12.2. The molecule has 9 heteroatoms. The summed E-state index contributed by atoms with van der Waals surface area (Å²) in [4.78, 5) is 25.2. The summed E-state index contributed by atoms with van der Waals surface area (Å²) in [5.41, 5.74) is 5.26. The summed E-state index contributed by atoms with van der Waals surface area (Å²) in [6.45, 7) is 1.15. The fourth-order valence-corrected chi connectivity index (χ4v) is 3.34. The van der Waals surface area contributed by atoms with Crippen LogP contribution in [-0.4, -0.2) is 50.8 Å². The van der Waals surface area contributed by atoms with Crippen molar-refractivity contribution in [3.05, 3.63) is 18.4 Å². The lowest BCUT2D eigenvalue weighted by molar-refractivity contribution is -0.127. The van der Waals surface area contributed by atoms with Gasteiger partial charge in [-0.15, -0.1) is 10.2 Å². The second-order valence-electron chi connectivity index (χ2n) is 6.16. The molecule has 2 amide bonds. The maximum Gasteiger partial charge on any atom is 0.232 e. The number of carbonyl (C=O) groups excluding carboxylic acids is 2. The third-order valence-corrected chi connectivity index (χ3v) is 4.97. The van der Waals surface area contributed by atoms with Crippen LogP contribution in [0.1, 0.15) is 19.3 Å². The Labute approximate surface area is 149 Å². The zero-order chi connectivity index (χ0) is 17.8. The SMILES string of the molecule is CN(CC1CC1)C(=O)CSc1nnc(-c2ccco2)n1CCC(N)=O. The molecule has 134 valence electrons. The molecule has 0 aromatic carbocycles. The zero-order valence-corrected chi connectivity index (χ0v) is 14.9. The van der Waals surface area contributed by atoms with Gasteiger partial charge in [0.25, 0.3) is 0 Å². The summed E-state index contributed by atoms with van der Waals surface area (Å²) in [5, 5.41) is 8.86. The summed E-state index contributed by atoms with van der Waals surface area (Å²) >= 11 is 1.31. The highest BCUT2D eigenvalue weighted by Gasteiger charge is 2.25. The largest absolute Gasteiger partial charge is 0.461 e. The Balaban J connectivity index is 1.68. The van der Waals surface area contributed by atoms with E-state index in [9.17, 15) is 9.59 Å². The van der Waals surface area contributed by atoms with Crippen molar-refractivity contribution in [1.29, 1.82) is 0 Å². The fraction of sp³-hybridized carbons (Fsp3) is 0.500. The van der Waals surface area contributed by atoms with Crippen LogP contribution in [0.15, 0.2) is 28.0 Å². The van der Waals surface area contributed by atoms with Crippen LogP contribution in [0.4, 0.5) is 0 Å². The van der Waals surface area contributed by atoms with Crippen molar-refractivity contribution in [2.24, 2.45) is 11.7 Å². The minimum atomic E-state index is -0.407. The lowest BCUT2D eigenvalue weighted by Crippen LogP contribution is -2.30. The number of aromatic nitrogens is 3. The monoisotopic (exact) mass is 363 g/mol. The number of rotatable bonds is 9. The Morgan fingerprint density at radius 1 is 1.44 bits per heavy atom. The Hall–Kier alpha value is -2.29. The highest BCUT2D eigenvalue weighted by Crippen LogP contribution is 2.30. The number of nitrogens with zero attached hydrogens (tertiary/aromatic N) is 4. The molecule has 2 aromatic rings. The van der Waals surface area contributed by atoms with Crippen molar-refractivity contribution in [3.8, 4) is 11.6 Å². The molecule has 0 radical (unpaired) electrons. The highest BCUT2D eigenvalue weighted by molar-refractivity contribution is 7.99. The minimum Gasteiger partial charge on any atom is -0.461 e. The van der Waals surface area contributed by atoms with Gasteiger partial charge in [0.05, 0.1) is 12.0 Å². The van der Waals surface area contributed by atoms with E-state index in [1.54, 1.807) is 27.9 Å². The predicted octanol–water partition coefficient (Wildman–Crippen LogP) is 1.37. The Kier molecular flexibility index (Phi) is 5.42. The van der Waals surface area contributed by atoms with Gasteiger partial charge >= 0.3 is 0 Å². The number of hydrogen-bond donors (Lipinski definition) is 1. The topological polar surface area (TPSA) is 107 Å². The molecule has 0 unspecified atom stereocenters. The molecule has 2 heterocycles. The smallest absolute Gasteiger partial charge is 0.232 e. The van der Waals surface area contributed by atoms with Crippen molar-refractivity contribution < 1.29 is 14.0 Å². The first-order valence-electron chi connectivity index (χ1n) is 8.16. The summed E-state index contributed by atoms with van der Waals surface area (Å²) in [7, 11) is 1.83. The van der Waals surface area contributed by atoms with Gasteiger partial charge < -0.3 is 15.1 Å². The molecule has 25 heavy (non-hydrogen) atoms. The maximum absolute atomic E-state index is 12.2. The van der Waals surface area contributed by atoms with Gasteiger partial charge in [0.15, 0.2) is 16.7 Å². The van der Waals surface area contributed by atoms with E-state index in [-0.39, 0.29) is 18.1 Å². The number of hydrogen-bond acceptors (Lipinski definition) is 6. The van der Waals surface area contributed by atoms with E-state index in [1.165, 1.54) is 24.6 Å². The van der Waals surface area contributed by atoms with Crippen LogP contribution in [0.25, 0.3) is 11.6 Å². The number of amides is 2. The molecule has 0 bridgehead atoms. The standard InChI is InChI=1S/C16H21N5O3S/c1-20(9-11-4-5-11)14(23)10-25-16-19-18-15(12-3-2-8-24-12)21(16)7-6-13(17)22/h2-3,8,11H,4-7,9-10H2,1H3,(H2,17,22). The van der Waals surface area contributed by atoms with Gasteiger partial charge in [0.1, 0.15) is 0 Å². The van der Waals surface area contributed by atoms with Crippen LogP contribution in [0.5, 0.6) is 0 Å². The van der Waals surface area contributed by atoms with E-state index < -0.39 is 5.91 Å². The average molecular weight is 363 g/mol. The average Bonchev–Trinajstić information content (AvgIpc) is 3.09. The predicted molar refractivity (Wildman–Crippen MR) is 92.6 cm³/mol. The second-order valence-corrected chi connectivity index (χ2v) is 7.10. The molecule has 1 fully saturated rings. The van der Waals surface area contributed by atoms with Crippen LogP contribution >= 0.6 is 11.8 Å². The molecule has 0 aliphatic heterocycles. The molecule has 8 nitrogen and oxygen atoms in total.